The summed E-state index contributed by atoms with van der Waals surface area (Å²) in [6.45, 7) is 4.57. The number of hydrogen-bond donors (Lipinski definition) is 2. The van der Waals surface area contributed by atoms with Crippen molar-refractivity contribution in [1.82, 2.24) is 9.97 Å². The standard InChI is InChI=1S/C29H33F2N3O4/c1-5-38-28(36)20-11-9-19(10-12-20)23-14-24-25(15-26(23)37-4)33-18(3)34-27(24)32-17(2)21-7-6-8-22(13-21)29(30,31)16-35/h6-9,13-15,17,20,35H,5,10-12,16H2,1-4H3,(H,32,33,34)/t17-,20?/m1/s1. The Hall–Kier alpha value is -3.59. The zero-order chi connectivity index (χ0) is 27.4. The van der Waals surface area contributed by atoms with Crippen LogP contribution in [0.5, 0.6) is 5.75 Å². The van der Waals surface area contributed by atoms with Crippen LogP contribution in [-0.4, -0.2) is 41.4 Å². The average molecular weight is 526 g/mol. The number of halogens is 2. The van der Waals surface area contributed by atoms with Gasteiger partial charge in [0.1, 0.15) is 24.0 Å². The lowest BCUT2D eigenvalue weighted by Gasteiger charge is -2.23. The molecular weight excluding hydrogens is 492 g/mol. The van der Waals surface area contributed by atoms with E-state index in [4.69, 9.17) is 14.6 Å². The van der Waals surface area contributed by atoms with Crippen molar-refractivity contribution in [2.45, 2.75) is 52.0 Å². The van der Waals surface area contributed by atoms with E-state index in [-0.39, 0.29) is 23.5 Å². The van der Waals surface area contributed by atoms with Gasteiger partial charge in [0, 0.05) is 28.6 Å². The molecule has 2 N–H and O–H groups in total. The normalized spacial score (nSPS) is 16.6. The lowest BCUT2D eigenvalue weighted by molar-refractivity contribution is -0.148. The number of esters is 1. The summed E-state index contributed by atoms with van der Waals surface area (Å²) in [5.41, 5.74) is 3.05. The molecule has 1 aromatic heterocycles. The molecule has 202 valence electrons. The minimum atomic E-state index is -3.32. The summed E-state index contributed by atoms with van der Waals surface area (Å²) in [7, 11) is 1.61. The zero-order valence-electron chi connectivity index (χ0n) is 22.1. The van der Waals surface area contributed by atoms with Crippen molar-refractivity contribution in [2.24, 2.45) is 5.92 Å². The Kier molecular flexibility index (Phi) is 8.26. The number of aryl methyl sites for hydroxylation is 1. The molecular formula is C29H33F2N3O4. The fourth-order valence-electron chi connectivity index (χ4n) is 4.77. The zero-order valence-corrected chi connectivity index (χ0v) is 22.1. The second kappa shape index (κ2) is 11.4. The molecule has 1 aliphatic carbocycles. The first kappa shape index (κ1) is 27.4. The van der Waals surface area contributed by atoms with Gasteiger partial charge in [-0.2, -0.15) is 8.78 Å². The number of benzene rings is 2. The van der Waals surface area contributed by atoms with Gasteiger partial charge in [0.05, 0.1) is 25.2 Å². The number of hydrogen-bond acceptors (Lipinski definition) is 7. The Balaban J connectivity index is 1.69. The third-order valence-electron chi connectivity index (χ3n) is 6.87. The molecule has 4 rings (SSSR count). The number of methoxy groups -OCH3 is 1. The van der Waals surface area contributed by atoms with E-state index >= 15 is 0 Å². The Morgan fingerprint density at radius 1 is 1.26 bits per heavy atom. The summed E-state index contributed by atoms with van der Waals surface area (Å²) >= 11 is 0. The Morgan fingerprint density at radius 3 is 2.71 bits per heavy atom. The van der Waals surface area contributed by atoms with Crippen LogP contribution in [-0.2, 0) is 15.5 Å². The molecule has 0 radical (unpaired) electrons. The number of ether oxygens (including phenoxy) is 2. The maximum atomic E-state index is 14.1. The number of nitrogens with one attached hydrogen (secondary N) is 1. The monoisotopic (exact) mass is 525 g/mol. The highest BCUT2D eigenvalue weighted by Gasteiger charge is 2.31. The van der Waals surface area contributed by atoms with Gasteiger partial charge in [0.15, 0.2) is 0 Å². The molecule has 1 unspecified atom stereocenters. The highest BCUT2D eigenvalue weighted by atomic mass is 19.3. The van der Waals surface area contributed by atoms with E-state index in [9.17, 15) is 13.6 Å². The Labute approximate surface area is 220 Å². The van der Waals surface area contributed by atoms with Crippen molar-refractivity contribution in [3.05, 3.63) is 65.0 Å². The molecule has 7 nitrogen and oxygen atoms in total. The first-order valence-electron chi connectivity index (χ1n) is 12.7. The van der Waals surface area contributed by atoms with Crippen LogP contribution in [0.25, 0.3) is 16.5 Å². The highest BCUT2D eigenvalue weighted by molar-refractivity contribution is 5.94. The van der Waals surface area contributed by atoms with E-state index in [2.05, 4.69) is 21.4 Å². The molecule has 0 fully saturated rings. The number of anilines is 1. The van der Waals surface area contributed by atoms with Crippen LogP contribution in [0.2, 0.25) is 0 Å². The maximum Gasteiger partial charge on any atom is 0.309 e. The summed E-state index contributed by atoms with van der Waals surface area (Å²) in [6.07, 6.45) is 4.04. The van der Waals surface area contributed by atoms with Crippen molar-refractivity contribution in [1.29, 1.82) is 0 Å². The maximum absolute atomic E-state index is 14.1. The Morgan fingerprint density at radius 2 is 2.05 bits per heavy atom. The second-order valence-corrected chi connectivity index (χ2v) is 9.50. The summed E-state index contributed by atoms with van der Waals surface area (Å²) < 4.78 is 39.1. The molecule has 0 spiro atoms. The van der Waals surface area contributed by atoms with Gasteiger partial charge in [-0.1, -0.05) is 24.3 Å². The molecule has 1 heterocycles. The van der Waals surface area contributed by atoms with Gasteiger partial charge in [-0.25, -0.2) is 9.97 Å². The summed E-state index contributed by atoms with van der Waals surface area (Å²) in [5.74, 6) is -1.84. The van der Waals surface area contributed by atoms with Crippen LogP contribution < -0.4 is 10.1 Å². The van der Waals surface area contributed by atoms with Crippen LogP contribution in [0.3, 0.4) is 0 Å². The predicted molar refractivity (Wildman–Crippen MR) is 142 cm³/mol. The number of nitrogens with zero attached hydrogens (tertiary/aromatic N) is 2. The lowest BCUT2D eigenvalue weighted by atomic mass is 9.86. The second-order valence-electron chi connectivity index (χ2n) is 9.50. The topological polar surface area (TPSA) is 93.6 Å². The van der Waals surface area contributed by atoms with Crippen molar-refractivity contribution >= 4 is 28.3 Å². The van der Waals surface area contributed by atoms with Gasteiger partial charge in [0.2, 0.25) is 0 Å². The van der Waals surface area contributed by atoms with Gasteiger partial charge in [-0.05, 0) is 63.3 Å². The van der Waals surface area contributed by atoms with Crippen LogP contribution in [0.4, 0.5) is 14.6 Å². The number of aliphatic hydroxyl groups excluding tert-OH is 1. The molecule has 0 saturated heterocycles. The molecule has 3 aromatic rings. The van der Waals surface area contributed by atoms with Crippen LogP contribution >= 0.6 is 0 Å². The van der Waals surface area contributed by atoms with Crippen LogP contribution in [0.1, 0.15) is 61.7 Å². The summed E-state index contributed by atoms with van der Waals surface area (Å²) in [4.78, 5) is 21.4. The molecule has 0 amide bonds. The van der Waals surface area contributed by atoms with Gasteiger partial charge in [-0.15, -0.1) is 0 Å². The number of aliphatic hydroxyl groups is 1. The number of carbonyl (C=O) groups excluding carboxylic acids is 1. The van der Waals surface area contributed by atoms with E-state index in [1.165, 1.54) is 12.1 Å². The Bertz CT molecular complexity index is 1360. The van der Waals surface area contributed by atoms with E-state index in [1.807, 2.05) is 19.1 Å². The number of aromatic nitrogens is 2. The van der Waals surface area contributed by atoms with Crippen LogP contribution in [0, 0.1) is 12.8 Å². The molecule has 1 aliphatic rings. The smallest absolute Gasteiger partial charge is 0.309 e. The number of carbonyl (C=O) groups is 1. The SMILES string of the molecule is CCOC(=O)C1CC=C(c2cc3c(N[C@H](C)c4cccc(C(F)(F)CO)c4)nc(C)nc3cc2OC)CC1. The summed E-state index contributed by atoms with van der Waals surface area (Å²) in [5, 5.41) is 13.2. The van der Waals surface area contributed by atoms with E-state index in [0.29, 0.717) is 54.3 Å². The number of allylic oxidation sites excluding steroid dienone is 2. The number of fused-ring (bicyclic) bond motifs is 1. The molecule has 0 aliphatic heterocycles. The van der Waals surface area contributed by atoms with Gasteiger partial charge in [-0.3, -0.25) is 4.79 Å². The van der Waals surface area contributed by atoms with E-state index in [0.717, 1.165) is 16.5 Å². The fourth-order valence-corrected chi connectivity index (χ4v) is 4.77. The molecule has 2 aromatic carbocycles. The third kappa shape index (κ3) is 5.78. The lowest BCUT2D eigenvalue weighted by Crippen LogP contribution is -2.19. The number of rotatable bonds is 9. The summed E-state index contributed by atoms with van der Waals surface area (Å²) in [6, 6.07) is 9.51. The molecule has 0 bridgehead atoms. The van der Waals surface area contributed by atoms with Gasteiger partial charge in [0.25, 0.3) is 5.92 Å². The quantitative estimate of drug-likeness (QED) is 0.334. The van der Waals surface area contributed by atoms with Crippen molar-refractivity contribution < 1.29 is 28.2 Å². The van der Waals surface area contributed by atoms with Gasteiger partial charge >= 0.3 is 5.97 Å². The van der Waals surface area contributed by atoms with Gasteiger partial charge < -0.3 is 19.9 Å². The van der Waals surface area contributed by atoms with E-state index < -0.39 is 12.5 Å². The first-order chi connectivity index (χ1) is 18.2. The third-order valence-corrected chi connectivity index (χ3v) is 6.87. The van der Waals surface area contributed by atoms with Crippen molar-refractivity contribution in [3.8, 4) is 5.75 Å². The van der Waals surface area contributed by atoms with E-state index in [1.54, 1.807) is 33.1 Å². The number of alkyl halides is 2. The largest absolute Gasteiger partial charge is 0.496 e. The fraction of sp³-hybridized carbons (Fsp3) is 0.414. The first-order valence-corrected chi connectivity index (χ1v) is 12.7. The van der Waals surface area contributed by atoms with Crippen molar-refractivity contribution in [3.63, 3.8) is 0 Å². The molecule has 0 saturated carbocycles. The minimum Gasteiger partial charge on any atom is -0.496 e. The van der Waals surface area contributed by atoms with Crippen LogP contribution in [0.15, 0.2) is 42.5 Å². The average Bonchev–Trinajstić information content (AvgIpc) is 2.92. The highest BCUT2D eigenvalue weighted by Crippen LogP contribution is 2.39. The van der Waals surface area contributed by atoms with Crippen molar-refractivity contribution in [2.75, 3.05) is 25.6 Å². The molecule has 9 heteroatoms. The molecule has 2 atom stereocenters. The predicted octanol–water partition coefficient (Wildman–Crippen LogP) is 5.95. The molecule has 38 heavy (non-hydrogen) atoms. The minimum absolute atomic E-state index is 0.150.